The molecular formula is C28H41N7. The van der Waals surface area contributed by atoms with Crippen molar-refractivity contribution in [1.29, 1.82) is 5.26 Å². The molecule has 2 aromatic rings. The Labute approximate surface area is 210 Å². The van der Waals surface area contributed by atoms with Crippen molar-refractivity contribution in [3.8, 4) is 6.07 Å². The molecule has 188 valence electrons. The van der Waals surface area contributed by atoms with E-state index in [0.717, 1.165) is 55.8 Å². The first-order valence-corrected chi connectivity index (χ1v) is 13.2. The monoisotopic (exact) mass is 475 g/mol. The number of benzene rings is 1. The average molecular weight is 476 g/mol. The molecule has 0 unspecified atom stereocenters. The quantitative estimate of drug-likeness (QED) is 0.522. The van der Waals surface area contributed by atoms with E-state index in [1.807, 2.05) is 7.05 Å². The van der Waals surface area contributed by atoms with Gasteiger partial charge in [-0.05, 0) is 81.5 Å². The molecule has 1 aromatic heterocycles. The third-order valence-corrected chi connectivity index (χ3v) is 7.46. The van der Waals surface area contributed by atoms with Gasteiger partial charge in [0.05, 0.1) is 18.2 Å². The minimum atomic E-state index is 0.466. The number of aromatic nitrogens is 2. The molecule has 0 amide bonds. The van der Waals surface area contributed by atoms with Crippen LogP contribution < -0.4 is 20.4 Å². The van der Waals surface area contributed by atoms with Crippen LogP contribution in [0.1, 0.15) is 61.8 Å². The third-order valence-electron chi connectivity index (χ3n) is 7.46. The van der Waals surface area contributed by atoms with Crippen molar-refractivity contribution in [1.82, 2.24) is 15.3 Å². The summed E-state index contributed by atoms with van der Waals surface area (Å²) in [6.45, 7) is 2.73. The van der Waals surface area contributed by atoms with E-state index in [-0.39, 0.29) is 0 Å². The Morgan fingerprint density at radius 1 is 1.00 bits per heavy atom. The molecule has 1 aromatic carbocycles. The largest absolute Gasteiger partial charge is 0.374 e. The summed E-state index contributed by atoms with van der Waals surface area (Å²) < 4.78 is 0. The predicted molar refractivity (Wildman–Crippen MR) is 144 cm³/mol. The van der Waals surface area contributed by atoms with Gasteiger partial charge in [0.15, 0.2) is 0 Å². The van der Waals surface area contributed by atoms with E-state index in [1.165, 1.54) is 55.3 Å². The maximum Gasteiger partial charge on any atom is 0.225 e. The van der Waals surface area contributed by atoms with Crippen LogP contribution in [0.15, 0.2) is 24.3 Å². The van der Waals surface area contributed by atoms with Crippen LogP contribution in [0, 0.1) is 17.2 Å². The summed E-state index contributed by atoms with van der Waals surface area (Å²) in [4.78, 5) is 14.1. The molecule has 2 aliphatic carbocycles. The number of fused-ring (bicyclic) bond motifs is 1. The molecule has 4 rings (SSSR count). The van der Waals surface area contributed by atoms with Gasteiger partial charge in [0.25, 0.3) is 0 Å². The Morgan fingerprint density at radius 3 is 2.46 bits per heavy atom. The second-order valence-corrected chi connectivity index (χ2v) is 10.4. The molecule has 0 radical (unpaired) electrons. The maximum atomic E-state index is 8.76. The van der Waals surface area contributed by atoms with Crippen LogP contribution in [0.3, 0.4) is 0 Å². The number of anilines is 3. The summed E-state index contributed by atoms with van der Waals surface area (Å²) in [6, 6.07) is 11.3. The van der Waals surface area contributed by atoms with Gasteiger partial charge in [0.1, 0.15) is 5.82 Å². The van der Waals surface area contributed by atoms with E-state index >= 15 is 0 Å². The highest BCUT2D eigenvalue weighted by molar-refractivity contribution is 5.53. The van der Waals surface area contributed by atoms with Crippen molar-refractivity contribution in [2.24, 2.45) is 5.92 Å². The van der Waals surface area contributed by atoms with Crippen LogP contribution in [0.5, 0.6) is 0 Å². The average Bonchev–Trinajstić information content (AvgIpc) is 2.88. The van der Waals surface area contributed by atoms with Gasteiger partial charge in [-0.25, -0.2) is 4.98 Å². The molecule has 0 atom stereocenters. The Kier molecular flexibility index (Phi) is 8.81. The van der Waals surface area contributed by atoms with Crippen molar-refractivity contribution in [3.63, 3.8) is 0 Å². The zero-order chi connectivity index (χ0) is 24.6. The number of nitrogens with one attached hydrogen (secondary N) is 2. The fourth-order valence-electron chi connectivity index (χ4n) is 5.34. The molecule has 0 bridgehead atoms. The van der Waals surface area contributed by atoms with E-state index in [1.54, 1.807) is 0 Å². The molecule has 0 saturated heterocycles. The Hall–Kier alpha value is -2.85. The summed E-state index contributed by atoms with van der Waals surface area (Å²) in [7, 11) is 6.21. The Balaban J connectivity index is 1.21. The number of aryl methyl sites for hydroxylation is 1. The van der Waals surface area contributed by atoms with Crippen LogP contribution >= 0.6 is 0 Å². The van der Waals surface area contributed by atoms with Crippen molar-refractivity contribution < 1.29 is 0 Å². The molecule has 35 heavy (non-hydrogen) atoms. The summed E-state index contributed by atoms with van der Waals surface area (Å²) in [5.41, 5.74) is 5.06. The lowest BCUT2D eigenvalue weighted by Gasteiger charge is -2.30. The lowest BCUT2D eigenvalue weighted by Crippen LogP contribution is -2.32. The highest BCUT2D eigenvalue weighted by atomic mass is 15.2. The molecule has 2 aliphatic rings. The maximum absolute atomic E-state index is 8.76. The molecule has 0 spiro atoms. The summed E-state index contributed by atoms with van der Waals surface area (Å²) in [5, 5.41) is 16.1. The number of hydrogen-bond acceptors (Lipinski definition) is 7. The van der Waals surface area contributed by atoms with Gasteiger partial charge >= 0.3 is 0 Å². The summed E-state index contributed by atoms with van der Waals surface area (Å²) >= 11 is 0. The van der Waals surface area contributed by atoms with Gasteiger partial charge in [-0.3, -0.25) is 0 Å². The Morgan fingerprint density at radius 2 is 1.74 bits per heavy atom. The standard InChI is InChI=1S/C28H41N7/c1-34(2)27-25-7-4-5-8-26(25)32-28(33-27)31-23-13-9-21(10-14-23)19-30-20-22-11-15-24(16-12-22)35(3)18-6-17-29/h11-12,15-16,21,23,30H,4-10,13-14,18-20H2,1-3H3,(H,31,32,33)/t21-,23+. The summed E-state index contributed by atoms with van der Waals surface area (Å²) in [6.07, 6.45) is 10.0. The first kappa shape index (κ1) is 25.2. The van der Waals surface area contributed by atoms with Crippen molar-refractivity contribution in [2.75, 3.05) is 49.3 Å². The second kappa shape index (κ2) is 12.2. The van der Waals surface area contributed by atoms with Gasteiger partial charge in [-0.2, -0.15) is 10.2 Å². The number of hydrogen-bond donors (Lipinski definition) is 2. The van der Waals surface area contributed by atoms with Crippen LogP contribution in [-0.4, -0.2) is 50.2 Å². The second-order valence-electron chi connectivity index (χ2n) is 10.4. The van der Waals surface area contributed by atoms with E-state index in [0.29, 0.717) is 12.5 Å². The fourth-order valence-corrected chi connectivity index (χ4v) is 5.34. The van der Waals surface area contributed by atoms with Gasteiger partial charge < -0.3 is 20.4 Å². The first-order chi connectivity index (χ1) is 17.0. The van der Waals surface area contributed by atoms with Crippen LogP contribution in [-0.2, 0) is 19.4 Å². The van der Waals surface area contributed by atoms with E-state index in [2.05, 4.69) is 64.9 Å². The predicted octanol–water partition coefficient (Wildman–Crippen LogP) is 4.53. The van der Waals surface area contributed by atoms with Crippen molar-refractivity contribution in [3.05, 3.63) is 41.1 Å². The molecule has 7 heteroatoms. The van der Waals surface area contributed by atoms with Crippen LogP contribution in [0.4, 0.5) is 17.5 Å². The SMILES string of the molecule is CN(C)c1nc(N[C@H]2CC[C@@H](CNCc3ccc(N(C)CCC#N)cc3)CC2)nc2c1CCCC2. The highest BCUT2D eigenvalue weighted by Gasteiger charge is 2.24. The van der Waals surface area contributed by atoms with E-state index in [4.69, 9.17) is 15.2 Å². The third kappa shape index (κ3) is 6.85. The number of nitrogens with zero attached hydrogens (tertiary/aromatic N) is 5. The molecule has 1 fully saturated rings. The molecule has 1 heterocycles. The highest BCUT2D eigenvalue weighted by Crippen LogP contribution is 2.30. The number of nitriles is 1. The normalized spacial score (nSPS) is 19.5. The van der Waals surface area contributed by atoms with Gasteiger partial charge in [0.2, 0.25) is 5.95 Å². The molecule has 1 saturated carbocycles. The molecule has 0 aliphatic heterocycles. The molecule has 7 nitrogen and oxygen atoms in total. The first-order valence-electron chi connectivity index (χ1n) is 13.2. The van der Waals surface area contributed by atoms with Crippen LogP contribution in [0.25, 0.3) is 0 Å². The van der Waals surface area contributed by atoms with Crippen LogP contribution in [0.2, 0.25) is 0 Å². The smallest absolute Gasteiger partial charge is 0.225 e. The Bertz CT molecular complexity index is 988. The summed E-state index contributed by atoms with van der Waals surface area (Å²) in [5.74, 6) is 2.64. The van der Waals surface area contributed by atoms with Crippen molar-refractivity contribution in [2.45, 2.75) is 70.4 Å². The fraction of sp³-hybridized carbons (Fsp3) is 0.607. The lowest BCUT2D eigenvalue weighted by atomic mass is 9.86. The lowest BCUT2D eigenvalue weighted by molar-refractivity contribution is 0.323. The van der Waals surface area contributed by atoms with E-state index < -0.39 is 0 Å². The topological polar surface area (TPSA) is 80.1 Å². The van der Waals surface area contributed by atoms with Crippen molar-refractivity contribution >= 4 is 17.5 Å². The molecular weight excluding hydrogens is 434 g/mol. The number of rotatable bonds is 10. The van der Waals surface area contributed by atoms with Gasteiger partial charge in [-0.15, -0.1) is 0 Å². The minimum absolute atomic E-state index is 0.466. The van der Waals surface area contributed by atoms with Gasteiger partial charge in [-0.1, -0.05) is 12.1 Å². The minimum Gasteiger partial charge on any atom is -0.374 e. The molecule has 2 N–H and O–H groups in total. The van der Waals surface area contributed by atoms with E-state index in [9.17, 15) is 0 Å². The zero-order valence-electron chi connectivity index (χ0n) is 21.7. The van der Waals surface area contributed by atoms with Gasteiger partial charge in [0, 0.05) is 51.5 Å². The zero-order valence-corrected chi connectivity index (χ0v) is 21.7.